The van der Waals surface area contributed by atoms with Crippen molar-refractivity contribution in [1.82, 2.24) is 9.80 Å². The Kier molecular flexibility index (Phi) is 4.35. The third-order valence-corrected chi connectivity index (χ3v) is 3.16. The van der Waals surface area contributed by atoms with Crippen molar-refractivity contribution in [3.05, 3.63) is 0 Å². The van der Waals surface area contributed by atoms with Crippen LogP contribution in [0.3, 0.4) is 0 Å². The second-order valence-corrected chi connectivity index (χ2v) is 5.62. The summed E-state index contributed by atoms with van der Waals surface area (Å²) in [6.45, 7) is 8.35. The Morgan fingerprint density at radius 2 is 1.50 bits per heavy atom. The molecule has 0 atom stereocenters. The SMILES string of the molecule is CC(C)(C)C(=O)N1CCN(C(=O)CBr)CC1. The third-order valence-electron chi connectivity index (χ3n) is 2.68. The summed E-state index contributed by atoms with van der Waals surface area (Å²) in [5.74, 6) is 0.265. The highest BCUT2D eigenvalue weighted by Crippen LogP contribution is 2.18. The third kappa shape index (κ3) is 3.20. The molecule has 0 radical (unpaired) electrons. The van der Waals surface area contributed by atoms with Crippen molar-refractivity contribution in [2.24, 2.45) is 5.41 Å². The van der Waals surface area contributed by atoms with Gasteiger partial charge in [-0.2, -0.15) is 0 Å². The van der Waals surface area contributed by atoms with Gasteiger partial charge in [0.25, 0.3) is 0 Å². The van der Waals surface area contributed by atoms with Crippen LogP contribution < -0.4 is 0 Å². The first-order chi connectivity index (χ1) is 7.36. The van der Waals surface area contributed by atoms with Gasteiger partial charge in [0.05, 0.1) is 5.33 Å². The van der Waals surface area contributed by atoms with Crippen LogP contribution in [0.1, 0.15) is 20.8 Å². The lowest BCUT2D eigenvalue weighted by molar-refractivity contribution is -0.144. The van der Waals surface area contributed by atoms with Crippen LogP contribution >= 0.6 is 15.9 Å². The average molecular weight is 291 g/mol. The lowest BCUT2D eigenvalue weighted by atomic mass is 9.94. The van der Waals surface area contributed by atoms with E-state index in [1.165, 1.54) is 0 Å². The fourth-order valence-corrected chi connectivity index (χ4v) is 2.07. The molecular weight excluding hydrogens is 272 g/mol. The van der Waals surface area contributed by atoms with Gasteiger partial charge in [0, 0.05) is 31.6 Å². The van der Waals surface area contributed by atoms with Gasteiger partial charge in [-0.15, -0.1) is 0 Å². The molecule has 5 heteroatoms. The summed E-state index contributed by atoms with van der Waals surface area (Å²) in [6.07, 6.45) is 0. The predicted octanol–water partition coefficient (Wildman–Crippen LogP) is 1.10. The van der Waals surface area contributed by atoms with E-state index < -0.39 is 0 Å². The maximum absolute atomic E-state index is 12.0. The van der Waals surface area contributed by atoms with E-state index in [0.29, 0.717) is 31.5 Å². The van der Waals surface area contributed by atoms with Gasteiger partial charge in [-0.3, -0.25) is 9.59 Å². The summed E-state index contributed by atoms with van der Waals surface area (Å²) in [7, 11) is 0. The topological polar surface area (TPSA) is 40.6 Å². The molecule has 0 bridgehead atoms. The van der Waals surface area contributed by atoms with E-state index in [9.17, 15) is 9.59 Å². The second kappa shape index (κ2) is 5.17. The number of alkyl halides is 1. The van der Waals surface area contributed by atoms with Crippen LogP contribution in [0.5, 0.6) is 0 Å². The molecule has 16 heavy (non-hydrogen) atoms. The highest BCUT2D eigenvalue weighted by molar-refractivity contribution is 9.09. The first-order valence-corrected chi connectivity index (χ1v) is 6.61. The van der Waals surface area contributed by atoms with Gasteiger partial charge in [-0.1, -0.05) is 36.7 Å². The Balaban J connectivity index is 2.49. The number of piperazine rings is 1. The molecule has 92 valence electrons. The Labute approximate surface area is 105 Å². The first-order valence-electron chi connectivity index (χ1n) is 5.49. The number of amides is 2. The monoisotopic (exact) mass is 290 g/mol. The number of nitrogens with zero attached hydrogens (tertiary/aromatic N) is 2. The zero-order valence-electron chi connectivity index (χ0n) is 10.1. The lowest BCUT2D eigenvalue weighted by Crippen LogP contribution is -2.53. The molecule has 0 unspecified atom stereocenters. The number of hydrogen-bond donors (Lipinski definition) is 0. The molecule has 0 aliphatic carbocycles. The summed E-state index contributed by atoms with van der Waals surface area (Å²) in [4.78, 5) is 27.0. The van der Waals surface area contributed by atoms with Crippen LogP contribution in [0.2, 0.25) is 0 Å². The number of halogens is 1. The van der Waals surface area contributed by atoms with E-state index >= 15 is 0 Å². The molecule has 0 spiro atoms. The van der Waals surface area contributed by atoms with Gasteiger partial charge >= 0.3 is 0 Å². The van der Waals surface area contributed by atoms with Crippen LogP contribution in [0.25, 0.3) is 0 Å². The molecule has 1 aliphatic heterocycles. The van der Waals surface area contributed by atoms with E-state index in [2.05, 4.69) is 15.9 Å². The molecule has 0 aromatic heterocycles. The molecule has 1 aliphatic rings. The van der Waals surface area contributed by atoms with E-state index in [1.807, 2.05) is 25.7 Å². The zero-order valence-corrected chi connectivity index (χ0v) is 11.7. The molecular formula is C11H19BrN2O2. The normalized spacial score (nSPS) is 17.5. The number of rotatable bonds is 1. The fraction of sp³-hybridized carbons (Fsp3) is 0.818. The number of carbonyl (C=O) groups is 2. The summed E-state index contributed by atoms with van der Waals surface area (Å²) in [5, 5.41) is 0.361. The smallest absolute Gasteiger partial charge is 0.233 e. The number of hydrogen-bond acceptors (Lipinski definition) is 2. The minimum Gasteiger partial charge on any atom is -0.339 e. The van der Waals surface area contributed by atoms with Gasteiger partial charge in [0.2, 0.25) is 11.8 Å². The number of carbonyl (C=O) groups excluding carboxylic acids is 2. The van der Waals surface area contributed by atoms with Crippen molar-refractivity contribution in [2.45, 2.75) is 20.8 Å². The van der Waals surface area contributed by atoms with Crippen molar-refractivity contribution in [2.75, 3.05) is 31.5 Å². The fourth-order valence-electron chi connectivity index (χ4n) is 1.72. The molecule has 0 aromatic rings. The molecule has 0 saturated carbocycles. The highest BCUT2D eigenvalue weighted by atomic mass is 79.9. The second-order valence-electron chi connectivity index (χ2n) is 5.06. The Morgan fingerprint density at radius 1 is 1.06 bits per heavy atom. The van der Waals surface area contributed by atoms with Gasteiger partial charge in [-0.05, 0) is 0 Å². The first kappa shape index (κ1) is 13.5. The average Bonchev–Trinajstić information content (AvgIpc) is 2.26. The van der Waals surface area contributed by atoms with Gasteiger partial charge in [-0.25, -0.2) is 0 Å². The van der Waals surface area contributed by atoms with Crippen LogP contribution in [-0.2, 0) is 9.59 Å². The minimum atomic E-state index is -0.332. The summed E-state index contributed by atoms with van der Waals surface area (Å²) >= 11 is 3.15. The zero-order chi connectivity index (χ0) is 12.3. The molecule has 1 saturated heterocycles. The molecule has 1 heterocycles. The standard InChI is InChI=1S/C11H19BrN2O2/c1-11(2,3)10(16)14-6-4-13(5-7-14)9(15)8-12/h4-8H2,1-3H3. The molecule has 0 aromatic carbocycles. The Morgan fingerprint density at radius 3 is 1.88 bits per heavy atom. The summed E-state index contributed by atoms with van der Waals surface area (Å²) in [5.41, 5.74) is -0.332. The van der Waals surface area contributed by atoms with E-state index in [1.54, 1.807) is 4.90 Å². The molecule has 1 rings (SSSR count). The van der Waals surface area contributed by atoms with Crippen molar-refractivity contribution in [3.63, 3.8) is 0 Å². The quantitative estimate of drug-likeness (QED) is 0.679. The van der Waals surface area contributed by atoms with Crippen molar-refractivity contribution in [1.29, 1.82) is 0 Å². The lowest BCUT2D eigenvalue weighted by Gasteiger charge is -2.37. The Hall–Kier alpha value is -0.580. The van der Waals surface area contributed by atoms with Gasteiger partial charge in [0.15, 0.2) is 0 Å². The largest absolute Gasteiger partial charge is 0.339 e. The summed E-state index contributed by atoms with van der Waals surface area (Å²) in [6, 6.07) is 0. The molecule has 4 nitrogen and oxygen atoms in total. The molecule has 1 fully saturated rings. The highest BCUT2D eigenvalue weighted by Gasteiger charge is 2.30. The van der Waals surface area contributed by atoms with Crippen LogP contribution in [0.4, 0.5) is 0 Å². The minimum absolute atomic E-state index is 0.0999. The van der Waals surface area contributed by atoms with Crippen molar-refractivity contribution in [3.8, 4) is 0 Å². The van der Waals surface area contributed by atoms with Crippen molar-refractivity contribution >= 4 is 27.7 Å². The molecule has 2 amide bonds. The van der Waals surface area contributed by atoms with Crippen molar-refractivity contribution < 1.29 is 9.59 Å². The predicted molar refractivity (Wildman–Crippen MR) is 66.4 cm³/mol. The van der Waals surface area contributed by atoms with E-state index in [4.69, 9.17) is 0 Å². The van der Waals surface area contributed by atoms with Gasteiger partial charge < -0.3 is 9.80 Å². The maximum atomic E-state index is 12.0. The van der Waals surface area contributed by atoms with E-state index in [-0.39, 0.29) is 17.2 Å². The van der Waals surface area contributed by atoms with Crippen LogP contribution in [0.15, 0.2) is 0 Å². The Bertz CT molecular complexity index is 278. The van der Waals surface area contributed by atoms with Gasteiger partial charge in [0.1, 0.15) is 0 Å². The van der Waals surface area contributed by atoms with Crippen LogP contribution in [0, 0.1) is 5.41 Å². The molecule has 0 N–H and O–H groups in total. The maximum Gasteiger partial charge on any atom is 0.233 e. The van der Waals surface area contributed by atoms with E-state index in [0.717, 1.165) is 0 Å². The summed E-state index contributed by atoms with van der Waals surface area (Å²) < 4.78 is 0. The van der Waals surface area contributed by atoms with Crippen LogP contribution in [-0.4, -0.2) is 53.1 Å².